The van der Waals surface area contributed by atoms with Crippen LogP contribution in [0.4, 0.5) is 5.82 Å². The molecule has 37 heavy (non-hydrogen) atoms. The smallest absolute Gasteiger partial charge is 0.225 e. The number of aliphatic hydroxyl groups excluding tert-OH is 1. The van der Waals surface area contributed by atoms with Gasteiger partial charge in [-0.05, 0) is 49.8 Å². The van der Waals surface area contributed by atoms with Crippen LogP contribution in [-0.4, -0.2) is 63.1 Å². The van der Waals surface area contributed by atoms with E-state index in [0.29, 0.717) is 42.9 Å². The molecule has 3 heterocycles. The molecule has 1 aromatic carbocycles. The first kappa shape index (κ1) is 23.6. The van der Waals surface area contributed by atoms with Gasteiger partial charge in [-0.25, -0.2) is 9.97 Å². The number of carbonyl (C=O) groups is 1. The topological polar surface area (TPSA) is 106 Å². The lowest BCUT2D eigenvalue weighted by molar-refractivity contribution is -0.135. The Morgan fingerprint density at radius 3 is 2.73 bits per heavy atom. The van der Waals surface area contributed by atoms with Gasteiger partial charge in [-0.2, -0.15) is 5.26 Å². The Hall–Kier alpha value is -3.83. The molecule has 6 rings (SSSR count). The quantitative estimate of drug-likeness (QED) is 0.531. The third-order valence-electron chi connectivity index (χ3n) is 7.74. The number of pyridine rings is 1. The summed E-state index contributed by atoms with van der Waals surface area (Å²) in [7, 11) is 0. The molecule has 3 aromatic rings. The van der Waals surface area contributed by atoms with Crippen LogP contribution in [0.5, 0.6) is 0 Å². The lowest BCUT2D eigenvalue weighted by Gasteiger charge is -2.42. The number of benzene rings is 1. The second kappa shape index (κ2) is 9.56. The van der Waals surface area contributed by atoms with E-state index < -0.39 is 0 Å². The van der Waals surface area contributed by atoms with E-state index in [9.17, 15) is 15.2 Å². The Kier molecular flexibility index (Phi) is 6.09. The Bertz CT molecular complexity index is 1420. The van der Waals surface area contributed by atoms with Crippen molar-refractivity contribution < 1.29 is 9.90 Å². The van der Waals surface area contributed by atoms with Crippen LogP contribution < -0.4 is 4.90 Å². The Balaban J connectivity index is 1.40. The number of hydrogen-bond donors (Lipinski definition) is 1. The lowest BCUT2D eigenvalue weighted by Crippen LogP contribution is -2.56. The number of anilines is 1. The highest BCUT2D eigenvalue weighted by Gasteiger charge is 2.41. The highest BCUT2D eigenvalue weighted by molar-refractivity contribution is 5.93. The van der Waals surface area contributed by atoms with Crippen LogP contribution in [0, 0.1) is 17.2 Å². The second-order valence-corrected chi connectivity index (χ2v) is 10.3. The molecule has 3 aliphatic rings. The van der Waals surface area contributed by atoms with Crippen LogP contribution >= 0.6 is 0 Å². The van der Waals surface area contributed by atoms with Crippen molar-refractivity contribution in [1.82, 2.24) is 19.9 Å². The molecule has 1 atom stereocenters. The van der Waals surface area contributed by atoms with Gasteiger partial charge >= 0.3 is 0 Å². The van der Waals surface area contributed by atoms with E-state index >= 15 is 0 Å². The summed E-state index contributed by atoms with van der Waals surface area (Å²) in [6.45, 7) is 5.53. The van der Waals surface area contributed by atoms with Crippen molar-refractivity contribution in [1.29, 1.82) is 5.26 Å². The summed E-state index contributed by atoms with van der Waals surface area (Å²) in [5.74, 6) is 1.57. The van der Waals surface area contributed by atoms with Gasteiger partial charge in [0.2, 0.25) is 5.91 Å². The van der Waals surface area contributed by atoms with Gasteiger partial charge in [-0.1, -0.05) is 18.7 Å². The Morgan fingerprint density at radius 2 is 2.03 bits per heavy atom. The van der Waals surface area contributed by atoms with Crippen molar-refractivity contribution in [3.05, 3.63) is 54.0 Å². The maximum atomic E-state index is 12.7. The fraction of sp³-hybridized carbons (Fsp3) is 0.414. The maximum absolute atomic E-state index is 12.7. The first-order valence-corrected chi connectivity index (χ1v) is 13.1. The fourth-order valence-corrected chi connectivity index (χ4v) is 5.53. The van der Waals surface area contributed by atoms with E-state index in [-0.39, 0.29) is 25.0 Å². The molecule has 0 radical (unpaired) electrons. The zero-order valence-electron chi connectivity index (χ0n) is 20.8. The van der Waals surface area contributed by atoms with Crippen molar-refractivity contribution >= 4 is 28.8 Å². The molecule has 188 valence electrons. The minimum atomic E-state index is -0.129. The Morgan fingerprint density at radius 1 is 1.19 bits per heavy atom. The van der Waals surface area contributed by atoms with E-state index in [1.807, 2.05) is 29.2 Å². The number of piperazine rings is 1. The zero-order valence-corrected chi connectivity index (χ0v) is 20.8. The molecule has 1 N–H and O–H groups in total. The van der Waals surface area contributed by atoms with Crippen LogP contribution in [0.25, 0.3) is 28.2 Å². The molecule has 0 spiro atoms. The fourth-order valence-electron chi connectivity index (χ4n) is 5.53. The van der Waals surface area contributed by atoms with Gasteiger partial charge in [0.05, 0.1) is 46.8 Å². The summed E-state index contributed by atoms with van der Waals surface area (Å²) < 4.78 is 0. The van der Waals surface area contributed by atoms with E-state index in [1.54, 1.807) is 12.3 Å². The van der Waals surface area contributed by atoms with Gasteiger partial charge in [0.1, 0.15) is 11.9 Å². The molecule has 8 nitrogen and oxygen atoms in total. The van der Waals surface area contributed by atoms with E-state index in [4.69, 9.17) is 4.98 Å². The largest absolute Gasteiger partial charge is 0.396 e. The summed E-state index contributed by atoms with van der Waals surface area (Å²) in [6.07, 6.45) is 7.95. The Labute approximate surface area is 216 Å². The molecule has 2 saturated carbocycles. The van der Waals surface area contributed by atoms with Crippen molar-refractivity contribution in [3.8, 4) is 17.2 Å². The second-order valence-electron chi connectivity index (χ2n) is 10.3. The minimum Gasteiger partial charge on any atom is -0.396 e. The highest BCUT2D eigenvalue weighted by Crippen LogP contribution is 2.46. The van der Waals surface area contributed by atoms with Crippen LogP contribution in [-0.2, 0) is 4.79 Å². The molecule has 0 unspecified atom stereocenters. The minimum absolute atomic E-state index is 0.0122. The lowest BCUT2D eigenvalue weighted by atomic mass is 9.97. The average molecular weight is 495 g/mol. The molecule has 0 bridgehead atoms. The van der Waals surface area contributed by atoms with Crippen LogP contribution in [0.15, 0.2) is 37.0 Å². The number of nitriles is 1. The molecular weight excluding hydrogens is 464 g/mol. The molecule has 8 heteroatoms. The van der Waals surface area contributed by atoms with Crippen molar-refractivity contribution in [2.45, 2.75) is 44.1 Å². The molecule has 1 saturated heterocycles. The number of rotatable bonds is 7. The highest BCUT2D eigenvalue weighted by atomic mass is 16.3. The van der Waals surface area contributed by atoms with Crippen LogP contribution in [0.3, 0.4) is 0 Å². The summed E-state index contributed by atoms with van der Waals surface area (Å²) >= 11 is 0. The predicted molar refractivity (Wildman–Crippen MR) is 142 cm³/mol. The summed E-state index contributed by atoms with van der Waals surface area (Å²) in [5.41, 5.74) is 5.74. The van der Waals surface area contributed by atoms with Gasteiger partial charge in [-0.3, -0.25) is 9.78 Å². The zero-order chi connectivity index (χ0) is 25.5. The average Bonchev–Trinajstić information content (AvgIpc) is 3.85. The number of fused-ring (bicyclic) bond motifs is 1. The molecular formula is C29H30N6O2. The molecule has 2 aromatic heterocycles. The van der Waals surface area contributed by atoms with Gasteiger partial charge in [0, 0.05) is 43.1 Å². The number of carbonyl (C=O) groups excluding carboxylic acids is 1. The number of hydrogen-bond acceptors (Lipinski definition) is 7. The first-order valence-electron chi connectivity index (χ1n) is 13.1. The number of aliphatic hydroxyl groups is 1. The van der Waals surface area contributed by atoms with Crippen LogP contribution in [0.2, 0.25) is 0 Å². The number of amides is 1. The number of para-hydroxylation sites is 1. The summed E-state index contributed by atoms with van der Waals surface area (Å²) in [5, 5.41) is 19.5. The summed E-state index contributed by atoms with van der Waals surface area (Å²) in [4.78, 5) is 31.3. The molecule has 2 aliphatic carbocycles. The van der Waals surface area contributed by atoms with Crippen molar-refractivity contribution in [2.75, 3.05) is 31.1 Å². The predicted octanol–water partition coefficient (Wildman–Crippen LogP) is 3.89. The monoisotopic (exact) mass is 494 g/mol. The van der Waals surface area contributed by atoms with Gasteiger partial charge < -0.3 is 14.9 Å². The molecule has 3 fully saturated rings. The van der Waals surface area contributed by atoms with Gasteiger partial charge in [0.15, 0.2) is 0 Å². The third kappa shape index (κ3) is 4.44. The van der Waals surface area contributed by atoms with Crippen molar-refractivity contribution in [3.63, 3.8) is 0 Å². The number of aromatic nitrogens is 3. The standard InChI is InChI=1S/C29H30N6O2/c1-2-21-16-31-28-22(4-3-5-24(28)32-21)23-14-20(15-30)29(33-27(23)19-8-9-19)34-11-12-35(26(37)10-13-36)25(17-34)18-6-7-18/h2-5,14,16,18-19,25,36H,1,6-13,17H2/t25-/m0/s1. The maximum Gasteiger partial charge on any atom is 0.225 e. The normalized spacial score (nSPS) is 19.6. The molecule has 1 amide bonds. The third-order valence-corrected chi connectivity index (χ3v) is 7.74. The SMILES string of the molecule is C=Cc1cnc2c(-c3cc(C#N)c(N4CCN(C(=O)CCO)[C@H](C5CC5)C4)nc3C3CC3)cccc2n1. The van der Waals surface area contributed by atoms with E-state index in [0.717, 1.165) is 59.2 Å². The van der Waals surface area contributed by atoms with Crippen molar-refractivity contribution in [2.24, 2.45) is 5.92 Å². The summed E-state index contributed by atoms with van der Waals surface area (Å²) in [6, 6.07) is 10.4. The van der Waals surface area contributed by atoms with Crippen LogP contribution in [0.1, 0.15) is 55.0 Å². The first-order chi connectivity index (χ1) is 18.1. The van der Waals surface area contributed by atoms with Gasteiger partial charge in [-0.15, -0.1) is 0 Å². The van der Waals surface area contributed by atoms with E-state index in [1.165, 1.54) is 0 Å². The van der Waals surface area contributed by atoms with E-state index in [2.05, 4.69) is 27.5 Å². The van der Waals surface area contributed by atoms with Gasteiger partial charge in [0.25, 0.3) is 0 Å². The molecule has 1 aliphatic heterocycles. The number of nitrogens with zero attached hydrogens (tertiary/aromatic N) is 6.